The van der Waals surface area contributed by atoms with Crippen molar-refractivity contribution in [2.24, 2.45) is 0 Å². The Kier molecular flexibility index (Phi) is 4.82. The highest BCUT2D eigenvalue weighted by Crippen LogP contribution is 2.29. The van der Waals surface area contributed by atoms with Gasteiger partial charge in [-0.3, -0.25) is 9.69 Å². The van der Waals surface area contributed by atoms with Crippen LogP contribution in [0.15, 0.2) is 59.4 Å². The maximum atomic E-state index is 12.0. The maximum absolute atomic E-state index is 12.0. The second-order valence-corrected chi connectivity index (χ2v) is 6.86. The van der Waals surface area contributed by atoms with Crippen LogP contribution in [0.25, 0.3) is 10.8 Å². The Morgan fingerprint density at radius 1 is 1.08 bits per heavy atom. The first-order chi connectivity index (χ1) is 12.7. The highest BCUT2D eigenvalue weighted by Gasteiger charge is 2.25. The summed E-state index contributed by atoms with van der Waals surface area (Å²) in [4.78, 5) is 14.5. The normalized spacial score (nSPS) is 18.3. The van der Waals surface area contributed by atoms with Gasteiger partial charge in [-0.15, -0.1) is 0 Å². The molecule has 5 heteroatoms. The van der Waals surface area contributed by atoms with Crippen molar-refractivity contribution in [2.75, 3.05) is 26.2 Å². The Hall–Kier alpha value is -2.50. The molecule has 1 aliphatic heterocycles. The average molecular weight is 348 g/mol. The summed E-state index contributed by atoms with van der Waals surface area (Å²) in [6, 6.07) is 18.7. The van der Waals surface area contributed by atoms with Crippen molar-refractivity contribution in [1.82, 2.24) is 20.0 Å². The predicted octanol–water partition coefficient (Wildman–Crippen LogP) is 2.35. The van der Waals surface area contributed by atoms with E-state index in [4.69, 9.17) is 0 Å². The number of aromatic nitrogens is 2. The van der Waals surface area contributed by atoms with Gasteiger partial charge in [0.05, 0.1) is 12.2 Å². The molecule has 0 radical (unpaired) electrons. The van der Waals surface area contributed by atoms with E-state index in [1.54, 1.807) is 16.8 Å². The van der Waals surface area contributed by atoms with Crippen molar-refractivity contribution >= 4 is 10.8 Å². The molecule has 0 saturated carbocycles. The zero-order valence-corrected chi connectivity index (χ0v) is 15.1. The number of nitrogens with zero attached hydrogens (tertiary/aromatic N) is 3. The summed E-state index contributed by atoms with van der Waals surface area (Å²) in [5.74, 6) is 0. The Balaban J connectivity index is 1.60. The third-order valence-electron chi connectivity index (χ3n) is 5.14. The van der Waals surface area contributed by atoms with Crippen LogP contribution in [0.3, 0.4) is 0 Å². The van der Waals surface area contributed by atoms with E-state index in [-0.39, 0.29) is 5.56 Å². The minimum absolute atomic E-state index is 0.0348. The summed E-state index contributed by atoms with van der Waals surface area (Å²) >= 11 is 0. The number of piperazine rings is 1. The number of benzene rings is 2. The minimum atomic E-state index is -0.0348. The molecule has 2 heterocycles. The fourth-order valence-corrected chi connectivity index (χ4v) is 3.80. The van der Waals surface area contributed by atoms with E-state index in [0.717, 1.165) is 31.9 Å². The Bertz CT molecular complexity index is 960. The van der Waals surface area contributed by atoms with Crippen LogP contribution in [0, 0.1) is 6.92 Å². The molecule has 2 aromatic carbocycles. The van der Waals surface area contributed by atoms with Gasteiger partial charge in [-0.1, -0.05) is 42.5 Å². The second kappa shape index (κ2) is 7.40. The van der Waals surface area contributed by atoms with E-state index in [9.17, 15) is 4.79 Å². The highest BCUT2D eigenvalue weighted by molar-refractivity contribution is 5.86. The van der Waals surface area contributed by atoms with Crippen LogP contribution < -0.4 is 10.9 Å². The average Bonchev–Trinajstić information content (AvgIpc) is 2.68. The van der Waals surface area contributed by atoms with Gasteiger partial charge in [-0.2, -0.15) is 5.10 Å². The summed E-state index contributed by atoms with van der Waals surface area (Å²) in [6.45, 7) is 6.20. The molecule has 1 atom stereocenters. The lowest BCUT2D eigenvalue weighted by atomic mass is 9.96. The highest BCUT2D eigenvalue weighted by atomic mass is 16.1. The molecule has 0 amide bonds. The van der Waals surface area contributed by atoms with Crippen molar-refractivity contribution in [3.8, 4) is 0 Å². The van der Waals surface area contributed by atoms with E-state index in [2.05, 4.69) is 57.8 Å². The number of aryl methyl sites for hydroxylation is 1. The Morgan fingerprint density at radius 3 is 2.85 bits per heavy atom. The molecule has 1 fully saturated rings. The van der Waals surface area contributed by atoms with Gasteiger partial charge in [-0.05, 0) is 29.3 Å². The van der Waals surface area contributed by atoms with E-state index in [0.29, 0.717) is 12.6 Å². The van der Waals surface area contributed by atoms with Gasteiger partial charge in [0.1, 0.15) is 0 Å². The Labute approximate surface area is 153 Å². The zero-order valence-electron chi connectivity index (χ0n) is 15.1. The lowest BCUT2D eigenvalue weighted by Crippen LogP contribution is -2.47. The van der Waals surface area contributed by atoms with Gasteiger partial charge in [0.15, 0.2) is 0 Å². The number of hydrogen-bond donors (Lipinski definition) is 1. The number of nitrogens with one attached hydrogen (secondary N) is 1. The molecule has 0 aliphatic carbocycles. The van der Waals surface area contributed by atoms with E-state index >= 15 is 0 Å². The first-order valence-corrected chi connectivity index (χ1v) is 9.19. The third-order valence-corrected chi connectivity index (χ3v) is 5.14. The van der Waals surface area contributed by atoms with Crippen molar-refractivity contribution in [2.45, 2.75) is 19.5 Å². The van der Waals surface area contributed by atoms with Crippen LogP contribution >= 0.6 is 0 Å². The summed E-state index contributed by atoms with van der Waals surface area (Å²) in [5.41, 5.74) is 2.18. The predicted molar refractivity (Wildman–Crippen MR) is 104 cm³/mol. The number of fused-ring (bicyclic) bond motifs is 1. The molecule has 4 rings (SSSR count). The summed E-state index contributed by atoms with van der Waals surface area (Å²) < 4.78 is 1.58. The molecule has 0 bridgehead atoms. The molecule has 1 unspecified atom stereocenters. The van der Waals surface area contributed by atoms with Crippen LogP contribution in [0.4, 0.5) is 0 Å². The fraction of sp³-hybridized carbons (Fsp3) is 0.333. The maximum Gasteiger partial charge on any atom is 0.266 e. The van der Waals surface area contributed by atoms with Crippen LogP contribution in [-0.4, -0.2) is 40.9 Å². The summed E-state index contributed by atoms with van der Waals surface area (Å²) in [7, 11) is 0. The number of hydrogen-bond acceptors (Lipinski definition) is 4. The molecule has 134 valence electrons. The first kappa shape index (κ1) is 16.9. The summed E-state index contributed by atoms with van der Waals surface area (Å²) in [6.07, 6.45) is 0. The topological polar surface area (TPSA) is 50.2 Å². The standard InChI is InChI=1S/C21H24N4O/c1-16-9-10-21(26)25(23-16)14-13-24-12-11-22-15-20(24)19-8-4-6-17-5-2-3-7-18(17)19/h2-10,20,22H,11-15H2,1H3. The van der Waals surface area contributed by atoms with Crippen LogP contribution in [0.2, 0.25) is 0 Å². The molecular weight excluding hydrogens is 324 g/mol. The SMILES string of the molecule is Cc1ccc(=O)n(CCN2CCNCC2c2cccc3ccccc23)n1. The molecule has 3 aromatic rings. The monoisotopic (exact) mass is 348 g/mol. The van der Waals surface area contributed by atoms with Crippen molar-refractivity contribution in [1.29, 1.82) is 0 Å². The van der Waals surface area contributed by atoms with Gasteiger partial charge in [0.25, 0.3) is 5.56 Å². The molecule has 5 nitrogen and oxygen atoms in total. The van der Waals surface area contributed by atoms with Crippen LogP contribution in [-0.2, 0) is 6.54 Å². The third kappa shape index (κ3) is 3.41. The quantitative estimate of drug-likeness (QED) is 0.786. The fourth-order valence-electron chi connectivity index (χ4n) is 3.80. The van der Waals surface area contributed by atoms with Crippen molar-refractivity contribution in [3.05, 3.63) is 76.2 Å². The van der Waals surface area contributed by atoms with Gasteiger partial charge < -0.3 is 5.32 Å². The van der Waals surface area contributed by atoms with Crippen molar-refractivity contribution in [3.63, 3.8) is 0 Å². The minimum Gasteiger partial charge on any atom is -0.314 e. The van der Waals surface area contributed by atoms with Crippen molar-refractivity contribution < 1.29 is 0 Å². The van der Waals surface area contributed by atoms with Crippen LogP contribution in [0.5, 0.6) is 0 Å². The molecule has 1 saturated heterocycles. The van der Waals surface area contributed by atoms with Gasteiger partial charge in [0, 0.05) is 38.3 Å². The van der Waals surface area contributed by atoms with Crippen LogP contribution in [0.1, 0.15) is 17.3 Å². The number of rotatable bonds is 4. The van der Waals surface area contributed by atoms with Gasteiger partial charge in [-0.25, -0.2) is 4.68 Å². The second-order valence-electron chi connectivity index (χ2n) is 6.86. The molecular formula is C21H24N4O. The van der Waals surface area contributed by atoms with E-state index in [1.165, 1.54) is 16.3 Å². The molecule has 0 spiro atoms. The molecule has 26 heavy (non-hydrogen) atoms. The lowest BCUT2D eigenvalue weighted by molar-refractivity contribution is 0.154. The largest absolute Gasteiger partial charge is 0.314 e. The molecule has 1 N–H and O–H groups in total. The molecule has 1 aromatic heterocycles. The lowest BCUT2D eigenvalue weighted by Gasteiger charge is -2.37. The zero-order chi connectivity index (χ0) is 17.9. The summed E-state index contributed by atoms with van der Waals surface area (Å²) in [5, 5.41) is 10.5. The van der Waals surface area contributed by atoms with E-state index in [1.807, 2.05) is 6.92 Å². The molecule has 1 aliphatic rings. The Morgan fingerprint density at radius 2 is 1.92 bits per heavy atom. The first-order valence-electron chi connectivity index (χ1n) is 9.19. The van der Waals surface area contributed by atoms with Gasteiger partial charge in [0.2, 0.25) is 0 Å². The smallest absolute Gasteiger partial charge is 0.266 e. The van der Waals surface area contributed by atoms with Gasteiger partial charge >= 0.3 is 0 Å². The van der Waals surface area contributed by atoms with E-state index < -0.39 is 0 Å².